The summed E-state index contributed by atoms with van der Waals surface area (Å²) in [4.78, 5) is 1.09. The van der Waals surface area contributed by atoms with Crippen molar-refractivity contribution in [3.63, 3.8) is 0 Å². The number of rotatable bonds is 7. The maximum absolute atomic E-state index is 14.8. The third kappa shape index (κ3) is 5.04. The summed E-state index contributed by atoms with van der Waals surface area (Å²) in [5.74, 6) is 2.30. The van der Waals surface area contributed by atoms with Gasteiger partial charge in [-0.15, -0.1) is 11.3 Å². The molecule has 182 valence electrons. The van der Waals surface area contributed by atoms with Crippen LogP contribution in [-0.4, -0.2) is 19.3 Å². The normalized spacial score (nSPS) is 25.5. The third-order valence-electron chi connectivity index (χ3n) is 7.98. The van der Waals surface area contributed by atoms with Crippen LogP contribution in [0.4, 0.5) is 4.39 Å². The van der Waals surface area contributed by atoms with Crippen molar-refractivity contribution in [3.05, 3.63) is 53.8 Å². The van der Waals surface area contributed by atoms with E-state index in [-0.39, 0.29) is 5.82 Å². The van der Waals surface area contributed by atoms with Gasteiger partial charge in [-0.3, -0.25) is 0 Å². The Balaban J connectivity index is 1.20. The highest BCUT2D eigenvalue weighted by Crippen LogP contribution is 2.41. The van der Waals surface area contributed by atoms with E-state index in [1.807, 2.05) is 13.0 Å². The van der Waals surface area contributed by atoms with Crippen LogP contribution in [0.2, 0.25) is 0 Å². The largest absolute Gasteiger partial charge is 0.491 e. The summed E-state index contributed by atoms with van der Waals surface area (Å²) in [7, 11) is 0. The smallest absolute Gasteiger partial charge is 0.182 e. The molecule has 1 aliphatic heterocycles. The fourth-order valence-electron chi connectivity index (χ4n) is 6.04. The summed E-state index contributed by atoms with van der Waals surface area (Å²) in [6.07, 6.45) is 11.1. The van der Waals surface area contributed by atoms with Gasteiger partial charge in [-0.2, -0.15) is 0 Å². The van der Waals surface area contributed by atoms with Crippen LogP contribution in [-0.2, 0) is 4.74 Å². The molecule has 34 heavy (non-hydrogen) atoms. The van der Waals surface area contributed by atoms with Gasteiger partial charge in [0.1, 0.15) is 0 Å². The first-order chi connectivity index (χ1) is 16.7. The Morgan fingerprint density at radius 3 is 2.44 bits per heavy atom. The molecule has 1 aliphatic carbocycles. The fourth-order valence-corrected chi connectivity index (χ4v) is 7.14. The van der Waals surface area contributed by atoms with Crippen LogP contribution in [0.1, 0.15) is 76.7 Å². The first-order valence-electron chi connectivity index (χ1n) is 13.2. The van der Waals surface area contributed by atoms with Gasteiger partial charge in [0, 0.05) is 10.8 Å². The lowest BCUT2D eigenvalue weighted by Crippen LogP contribution is -2.33. The second kappa shape index (κ2) is 10.8. The molecule has 2 aromatic carbocycles. The molecule has 2 nitrogen and oxygen atoms in total. The zero-order valence-electron chi connectivity index (χ0n) is 20.5. The van der Waals surface area contributed by atoms with Crippen molar-refractivity contribution in [3.8, 4) is 16.2 Å². The molecule has 0 spiro atoms. The minimum atomic E-state index is -0.250. The predicted octanol–water partition coefficient (Wildman–Crippen LogP) is 8.98. The van der Waals surface area contributed by atoms with Gasteiger partial charge in [-0.05, 0) is 79.2 Å². The van der Waals surface area contributed by atoms with Gasteiger partial charge >= 0.3 is 0 Å². The van der Waals surface area contributed by atoms with E-state index in [1.165, 1.54) is 68.3 Å². The van der Waals surface area contributed by atoms with Crippen molar-refractivity contribution >= 4 is 21.4 Å². The quantitative estimate of drug-likeness (QED) is 0.336. The molecule has 1 saturated heterocycles. The highest BCUT2D eigenvalue weighted by Gasteiger charge is 2.31. The lowest BCUT2D eigenvalue weighted by atomic mass is 9.75. The summed E-state index contributed by atoms with van der Waals surface area (Å²) in [5.41, 5.74) is 2.50. The fraction of sp³-hybridized carbons (Fsp3) is 0.533. The molecule has 2 unspecified atom stereocenters. The zero-order chi connectivity index (χ0) is 23.5. The summed E-state index contributed by atoms with van der Waals surface area (Å²) in [6, 6.07) is 14.6. The van der Waals surface area contributed by atoms with Crippen molar-refractivity contribution < 1.29 is 13.9 Å². The van der Waals surface area contributed by atoms with Crippen LogP contribution in [0.3, 0.4) is 0 Å². The van der Waals surface area contributed by atoms with Crippen LogP contribution in [0.25, 0.3) is 20.5 Å². The van der Waals surface area contributed by atoms with Crippen molar-refractivity contribution in [2.75, 3.05) is 13.2 Å². The number of hydrogen-bond acceptors (Lipinski definition) is 3. The van der Waals surface area contributed by atoms with E-state index in [9.17, 15) is 4.39 Å². The topological polar surface area (TPSA) is 18.5 Å². The zero-order valence-corrected chi connectivity index (χ0v) is 21.3. The average Bonchev–Trinajstić information content (AvgIpc) is 3.32. The lowest BCUT2D eigenvalue weighted by Gasteiger charge is -2.38. The van der Waals surface area contributed by atoms with E-state index in [4.69, 9.17) is 9.47 Å². The SMILES string of the molecule is CCCC1CCC(C2CCC(c3ccc(-c4cc5ccc(OCC)c(F)c5s4)cc3)CO2)CC1. The van der Waals surface area contributed by atoms with Crippen molar-refractivity contribution in [2.45, 2.75) is 77.2 Å². The van der Waals surface area contributed by atoms with Crippen LogP contribution in [0, 0.1) is 17.7 Å². The molecule has 0 amide bonds. The number of ether oxygens (including phenoxy) is 2. The Labute approximate surface area is 207 Å². The number of hydrogen-bond donors (Lipinski definition) is 0. The number of benzene rings is 2. The summed E-state index contributed by atoms with van der Waals surface area (Å²) in [5, 5.41) is 0.931. The summed E-state index contributed by atoms with van der Waals surface area (Å²) < 4.78 is 27.3. The number of halogens is 1. The summed E-state index contributed by atoms with van der Waals surface area (Å²) >= 11 is 1.50. The maximum Gasteiger partial charge on any atom is 0.182 e. The van der Waals surface area contributed by atoms with Crippen molar-refractivity contribution in [1.82, 2.24) is 0 Å². The number of fused-ring (bicyclic) bond motifs is 1. The highest BCUT2D eigenvalue weighted by atomic mass is 32.1. The van der Waals surface area contributed by atoms with E-state index < -0.39 is 0 Å². The third-order valence-corrected chi connectivity index (χ3v) is 9.17. The van der Waals surface area contributed by atoms with Crippen LogP contribution >= 0.6 is 11.3 Å². The number of thiophene rings is 1. The standard InChI is InChI=1S/C30H37FO2S/c1-3-5-20-6-8-22(9-7-20)26-16-15-25(19-33-26)21-10-12-23(13-11-21)28-18-24-14-17-27(32-4-2)29(31)30(24)34-28/h10-14,17-18,20,22,25-26H,3-9,15-16,19H2,1-2H3. The molecule has 0 radical (unpaired) electrons. The second-order valence-corrected chi connectivity index (χ2v) is 11.2. The Bertz CT molecular complexity index is 1070. The van der Waals surface area contributed by atoms with E-state index in [1.54, 1.807) is 6.07 Å². The molecule has 1 saturated carbocycles. The molecule has 2 aliphatic rings. The monoisotopic (exact) mass is 480 g/mol. The molecule has 2 heterocycles. The molecule has 5 rings (SSSR count). The van der Waals surface area contributed by atoms with Crippen LogP contribution in [0.5, 0.6) is 5.75 Å². The molecule has 0 N–H and O–H groups in total. The van der Waals surface area contributed by atoms with Crippen LogP contribution < -0.4 is 4.74 Å². The van der Waals surface area contributed by atoms with Crippen LogP contribution in [0.15, 0.2) is 42.5 Å². The van der Waals surface area contributed by atoms with Gasteiger partial charge in [-0.25, -0.2) is 4.39 Å². The van der Waals surface area contributed by atoms with E-state index >= 15 is 0 Å². The molecule has 0 bridgehead atoms. The van der Waals surface area contributed by atoms with Gasteiger partial charge in [-0.1, -0.05) is 56.9 Å². The molecule has 4 heteroatoms. The molecular formula is C30H37FO2S. The minimum Gasteiger partial charge on any atom is -0.491 e. The van der Waals surface area contributed by atoms with Crippen molar-refractivity contribution in [1.29, 1.82) is 0 Å². The first kappa shape index (κ1) is 23.8. The van der Waals surface area contributed by atoms with E-state index in [0.29, 0.717) is 29.1 Å². The van der Waals surface area contributed by atoms with Gasteiger partial charge in [0.15, 0.2) is 11.6 Å². The van der Waals surface area contributed by atoms with Gasteiger partial charge in [0.25, 0.3) is 0 Å². The molecule has 3 aromatic rings. The van der Waals surface area contributed by atoms with Gasteiger partial charge in [0.2, 0.25) is 0 Å². The maximum atomic E-state index is 14.8. The highest BCUT2D eigenvalue weighted by molar-refractivity contribution is 7.22. The Kier molecular flexibility index (Phi) is 7.55. The Morgan fingerprint density at radius 1 is 0.971 bits per heavy atom. The van der Waals surface area contributed by atoms with Gasteiger partial charge in [0.05, 0.1) is 24.0 Å². The van der Waals surface area contributed by atoms with Gasteiger partial charge < -0.3 is 9.47 Å². The van der Waals surface area contributed by atoms with E-state index in [2.05, 4.69) is 37.3 Å². The lowest BCUT2D eigenvalue weighted by molar-refractivity contribution is -0.0435. The minimum absolute atomic E-state index is 0.250. The Hall–Kier alpha value is -1.91. The average molecular weight is 481 g/mol. The Morgan fingerprint density at radius 2 is 1.76 bits per heavy atom. The molecule has 2 atom stereocenters. The molecular weight excluding hydrogens is 443 g/mol. The first-order valence-corrected chi connectivity index (χ1v) is 14.0. The summed E-state index contributed by atoms with van der Waals surface area (Å²) in [6.45, 7) is 5.49. The van der Waals surface area contributed by atoms with E-state index in [0.717, 1.165) is 34.3 Å². The molecule has 1 aromatic heterocycles. The predicted molar refractivity (Wildman–Crippen MR) is 140 cm³/mol. The second-order valence-electron chi connectivity index (χ2n) is 10.2. The van der Waals surface area contributed by atoms with Crippen molar-refractivity contribution in [2.24, 2.45) is 11.8 Å². The molecule has 2 fully saturated rings.